The number of thioether (sulfide) groups is 2. The first-order chi connectivity index (χ1) is 31.3. The van der Waals surface area contributed by atoms with Crippen molar-refractivity contribution in [3.05, 3.63) is 59.7 Å². The van der Waals surface area contributed by atoms with Crippen molar-refractivity contribution < 1.29 is 76.5 Å². The summed E-state index contributed by atoms with van der Waals surface area (Å²) in [6.45, 7) is 11.1. The van der Waals surface area contributed by atoms with Crippen LogP contribution in [0.1, 0.15) is 85.0 Å². The fraction of sp³-hybridized carbons (Fsp3) is 0.442. The van der Waals surface area contributed by atoms with Crippen LogP contribution in [0.2, 0.25) is 0 Å². The molecule has 22 nitrogen and oxygen atoms in total. The lowest BCUT2D eigenvalue weighted by Crippen LogP contribution is -2.71. The molecule has 0 aromatic heterocycles. The van der Waals surface area contributed by atoms with Gasteiger partial charge in [0, 0.05) is 37.2 Å². The van der Waals surface area contributed by atoms with E-state index in [4.69, 9.17) is 18.9 Å². The summed E-state index contributed by atoms with van der Waals surface area (Å²) in [5, 5.41) is 8.63. The minimum atomic E-state index is -1.57. The molecule has 0 radical (unpaired) electrons. The van der Waals surface area contributed by atoms with E-state index in [9.17, 15) is 57.5 Å². The third-order valence-corrected chi connectivity index (χ3v) is 14.0. The molecule has 6 amide bonds. The van der Waals surface area contributed by atoms with Crippen molar-refractivity contribution >= 4 is 94.8 Å². The summed E-state index contributed by atoms with van der Waals surface area (Å²) in [6, 6.07) is 3.00. The number of nitrogens with zero attached hydrogens (tertiary/aromatic N) is 2. The number of ether oxygens (including phenoxy) is 4. The van der Waals surface area contributed by atoms with Gasteiger partial charge in [-0.05, 0) is 63.1 Å². The van der Waals surface area contributed by atoms with Crippen molar-refractivity contribution in [1.82, 2.24) is 31.1 Å². The molecule has 8 atom stereocenters. The summed E-state index contributed by atoms with van der Waals surface area (Å²) in [5.41, 5.74) is 0.254. The Labute approximate surface area is 390 Å². The molecule has 67 heavy (non-hydrogen) atoms. The van der Waals surface area contributed by atoms with E-state index in [-0.39, 0.29) is 22.6 Å². The van der Waals surface area contributed by atoms with Crippen LogP contribution < -0.4 is 30.7 Å². The number of nitrogens with one attached hydrogen (secondary N) is 4. The number of fused-ring (bicyclic) bond motifs is 2. The Morgan fingerprint density at radius 1 is 0.552 bits per heavy atom. The molecule has 0 spiro atoms. The number of amides is 6. The summed E-state index contributed by atoms with van der Waals surface area (Å²) in [5.74, 6) is -9.88. The molecule has 4 saturated heterocycles. The minimum Gasteiger partial charge on any atom is -0.427 e. The minimum absolute atomic E-state index is 0.103. The predicted molar refractivity (Wildman–Crippen MR) is 231 cm³/mol. The maximum atomic E-state index is 14.0. The van der Waals surface area contributed by atoms with Crippen LogP contribution in [-0.4, -0.2) is 125 Å². The Bertz CT molecular complexity index is 2290. The van der Waals surface area contributed by atoms with Crippen LogP contribution in [0.4, 0.5) is 0 Å². The second kappa shape index (κ2) is 19.2. The van der Waals surface area contributed by atoms with Crippen molar-refractivity contribution in [3.63, 3.8) is 0 Å². The number of benzene rings is 2. The van der Waals surface area contributed by atoms with Gasteiger partial charge >= 0.3 is 35.8 Å². The van der Waals surface area contributed by atoms with Gasteiger partial charge in [-0.3, -0.25) is 47.9 Å². The fourth-order valence-corrected chi connectivity index (χ4v) is 11.3. The van der Waals surface area contributed by atoms with Crippen LogP contribution in [-0.2, 0) is 67.0 Å². The number of rotatable bonds is 14. The topological polar surface area (TPSA) is 296 Å². The smallest absolute Gasteiger partial charge is 0.337 e. The van der Waals surface area contributed by atoms with Crippen LogP contribution >= 0.6 is 23.5 Å². The van der Waals surface area contributed by atoms with E-state index < -0.39 is 134 Å². The van der Waals surface area contributed by atoms with E-state index in [0.29, 0.717) is 0 Å². The lowest BCUT2D eigenvalue weighted by molar-refractivity contribution is -0.170. The summed E-state index contributed by atoms with van der Waals surface area (Å²) >= 11 is 2.36. The van der Waals surface area contributed by atoms with Crippen LogP contribution in [0.15, 0.2) is 48.5 Å². The van der Waals surface area contributed by atoms with Crippen LogP contribution in [0.25, 0.3) is 0 Å². The Morgan fingerprint density at radius 3 is 1.18 bits per heavy atom. The molecular formula is C43H46N6O16S2. The third kappa shape index (κ3) is 10.6. The molecule has 4 heterocycles. The molecule has 2 unspecified atom stereocenters. The van der Waals surface area contributed by atoms with Crippen molar-refractivity contribution in [1.29, 1.82) is 0 Å². The molecule has 4 fully saturated rings. The van der Waals surface area contributed by atoms with Crippen molar-refractivity contribution in [2.24, 2.45) is 0 Å². The maximum Gasteiger partial charge on any atom is 0.337 e. The maximum absolute atomic E-state index is 14.0. The second-order valence-electron chi connectivity index (χ2n) is 16.8. The highest BCUT2D eigenvalue weighted by molar-refractivity contribution is 8.02. The summed E-state index contributed by atoms with van der Waals surface area (Å²) in [7, 11) is 0. The van der Waals surface area contributed by atoms with Gasteiger partial charge in [-0.25, -0.2) is 9.59 Å². The Kier molecular flexibility index (Phi) is 14.2. The summed E-state index contributed by atoms with van der Waals surface area (Å²) in [6.07, 6.45) is -0.976. The first-order valence-corrected chi connectivity index (χ1v) is 22.3. The molecule has 24 heteroatoms. The Morgan fingerprint density at radius 2 is 0.881 bits per heavy atom. The molecular weight excluding hydrogens is 921 g/mol. The normalized spacial score (nSPS) is 23.6. The van der Waals surface area contributed by atoms with E-state index in [1.807, 2.05) is 0 Å². The molecule has 4 aliphatic heterocycles. The van der Waals surface area contributed by atoms with Gasteiger partial charge in [0.2, 0.25) is 35.4 Å². The lowest BCUT2D eigenvalue weighted by atomic mass is 9.95. The number of hydrogen-bond donors (Lipinski definition) is 4. The van der Waals surface area contributed by atoms with Crippen molar-refractivity contribution in [2.75, 3.05) is 0 Å². The van der Waals surface area contributed by atoms with Crippen LogP contribution in [0, 0.1) is 0 Å². The first kappa shape index (κ1) is 49.6. The van der Waals surface area contributed by atoms with E-state index in [2.05, 4.69) is 21.3 Å². The van der Waals surface area contributed by atoms with Crippen molar-refractivity contribution in [2.45, 2.75) is 118 Å². The molecule has 0 bridgehead atoms. The predicted octanol–water partition coefficient (Wildman–Crippen LogP) is 0.216. The van der Waals surface area contributed by atoms with Gasteiger partial charge in [0.25, 0.3) is 0 Å². The first-order valence-electron chi connectivity index (χ1n) is 20.5. The average molecular weight is 967 g/mol. The van der Waals surface area contributed by atoms with Crippen molar-refractivity contribution in [3.8, 4) is 11.5 Å². The monoisotopic (exact) mass is 966 g/mol. The Hall–Kier alpha value is -6.82. The Balaban J connectivity index is 1.19. The average Bonchev–Trinajstić information content (AvgIpc) is 3.63. The van der Waals surface area contributed by atoms with Gasteiger partial charge in [-0.2, -0.15) is 0 Å². The van der Waals surface area contributed by atoms with E-state index in [1.54, 1.807) is 27.7 Å². The number of esters is 6. The number of carbonyl (C=O) groups excluding carboxylic acids is 12. The van der Waals surface area contributed by atoms with Crippen LogP contribution in [0.3, 0.4) is 0 Å². The highest BCUT2D eigenvalue weighted by Crippen LogP contribution is 2.52. The molecule has 4 aliphatic rings. The molecule has 0 saturated carbocycles. The number of carbonyl (C=O) groups is 12. The highest BCUT2D eigenvalue weighted by Gasteiger charge is 2.66. The van der Waals surface area contributed by atoms with E-state index >= 15 is 0 Å². The largest absolute Gasteiger partial charge is 0.427 e. The zero-order valence-corrected chi connectivity index (χ0v) is 38.8. The number of β-lactam (4-membered cyclic amide) rings is 2. The van der Waals surface area contributed by atoms with E-state index in [0.717, 1.165) is 13.8 Å². The van der Waals surface area contributed by atoms with Gasteiger partial charge in [-0.15, -0.1) is 23.5 Å². The van der Waals surface area contributed by atoms with Crippen LogP contribution in [0.5, 0.6) is 11.5 Å². The third-order valence-electron chi connectivity index (χ3n) is 10.8. The summed E-state index contributed by atoms with van der Waals surface area (Å²) < 4.78 is 17.9. The molecule has 2 aromatic rings. The molecule has 356 valence electrons. The highest BCUT2D eigenvalue weighted by atomic mass is 32.2. The van der Waals surface area contributed by atoms with Gasteiger partial charge in [0.1, 0.15) is 64.9 Å². The zero-order chi connectivity index (χ0) is 49.4. The fourth-order valence-electron chi connectivity index (χ4n) is 8.08. The van der Waals surface area contributed by atoms with E-state index in [1.165, 1.54) is 95.7 Å². The zero-order valence-electron chi connectivity index (χ0n) is 37.2. The molecule has 2 aromatic carbocycles. The second-order valence-corrected chi connectivity index (χ2v) is 20.4. The van der Waals surface area contributed by atoms with Gasteiger partial charge < -0.3 is 50.0 Å². The van der Waals surface area contributed by atoms with Gasteiger partial charge in [0.15, 0.2) is 0 Å². The molecule has 6 rings (SSSR count). The summed E-state index contributed by atoms with van der Waals surface area (Å²) in [4.78, 5) is 157. The van der Waals surface area contributed by atoms with Gasteiger partial charge in [-0.1, -0.05) is 24.3 Å². The molecule has 4 N–H and O–H groups in total. The van der Waals surface area contributed by atoms with Gasteiger partial charge in [0.05, 0.1) is 0 Å². The SMILES string of the molecule is CC(=O)OC(=O)[C@@H]1N2C(=O)[C@@H](NC(=O)[C@@H](NC(=O)CC(=O)N[C@@H](C(=O)N[C@H]3C(=O)N4C3SC(C)(C)[C@H]4C(=O)OC(C)=O)c3ccc(OC(C)=O)cc3)c3ccc(OC(C)=O)cc3)C2SC1(C)C. The number of hydrogen-bond acceptors (Lipinski definition) is 18. The lowest BCUT2D eigenvalue weighted by Gasteiger charge is -2.44. The standard InChI is InChI=1S/C43H46N6O16S2/c1-18(50)62-24-13-9-22(10-14-24)28(34(56)46-30-36(58)48-32(40(60)64-20(3)52)42(5,6)66-38(30)48)44-26(54)17-27(55)45-29(23-11-15-25(16-12-23)63-19(2)51)35(57)47-31-37(59)49-33(41(61)65-21(4)53)43(7,8)67-39(31)49/h9-16,28-33,38-39H,17H2,1-8H3,(H,44,54)(H,45,55)(H,46,56)(H,47,57)/t28-,29+,30+,31-,32-,33+,38?,39?. The quantitative estimate of drug-likeness (QED) is 0.0852. The molecule has 0 aliphatic carbocycles.